The van der Waals surface area contributed by atoms with Crippen molar-refractivity contribution in [2.45, 2.75) is 51.5 Å². The van der Waals surface area contributed by atoms with Gasteiger partial charge in [-0.05, 0) is 116 Å². The van der Waals surface area contributed by atoms with Gasteiger partial charge in [-0.15, -0.1) is 0 Å². The van der Waals surface area contributed by atoms with Crippen LogP contribution in [0.5, 0.6) is 17.2 Å². The van der Waals surface area contributed by atoms with E-state index in [1.165, 1.54) is 44.9 Å². The van der Waals surface area contributed by atoms with Crippen LogP contribution in [0.15, 0.2) is 104 Å². The molecule has 0 radical (unpaired) electrons. The number of pyridine rings is 3. The molecule has 3 unspecified atom stereocenters. The maximum absolute atomic E-state index is 6.67. The normalized spacial score (nSPS) is 17.8. The highest BCUT2D eigenvalue weighted by atomic mass is 35.5. The summed E-state index contributed by atoms with van der Waals surface area (Å²) in [5, 5.41) is 7.41. The van der Waals surface area contributed by atoms with Crippen molar-refractivity contribution in [3.63, 3.8) is 0 Å². The summed E-state index contributed by atoms with van der Waals surface area (Å²) in [6, 6.07) is 22.8. The molecule has 51 heavy (non-hydrogen) atoms. The second kappa shape index (κ2) is 15.8. The maximum atomic E-state index is 6.67. The van der Waals surface area contributed by atoms with Crippen molar-refractivity contribution in [3.8, 4) is 17.2 Å². The molecular formula is C41H39AlCl2N4O3. The highest BCUT2D eigenvalue weighted by Gasteiger charge is 2.46. The Labute approximate surface area is 313 Å². The van der Waals surface area contributed by atoms with E-state index in [-0.39, 0.29) is 0 Å². The summed E-state index contributed by atoms with van der Waals surface area (Å²) in [5.41, 5.74) is 3.15. The third kappa shape index (κ3) is 7.67. The average molecular weight is 734 g/mol. The lowest BCUT2D eigenvalue weighted by Gasteiger charge is -2.19. The molecule has 10 heteroatoms. The largest absolute Gasteiger partial charge is 1.20 e. The van der Waals surface area contributed by atoms with Crippen LogP contribution in [0.25, 0.3) is 32.7 Å². The van der Waals surface area contributed by atoms with E-state index < -0.39 is 15.1 Å². The quantitative estimate of drug-likeness (QED) is 0.0640. The van der Waals surface area contributed by atoms with Crippen molar-refractivity contribution in [1.29, 1.82) is 0 Å². The van der Waals surface area contributed by atoms with Crippen molar-refractivity contribution < 1.29 is 11.4 Å². The lowest BCUT2D eigenvalue weighted by molar-refractivity contribution is 0.311. The van der Waals surface area contributed by atoms with Crippen LogP contribution in [0.2, 0.25) is 10.0 Å². The van der Waals surface area contributed by atoms with Crippen LogP contribution in [0.1, 0.15) is 50.5 Å². The Morgan fingerprint density at radius 2 is 1.20 bits per heavy atom. The summed E-state index contributed by atoms with van der Waals surface area (Å²) < 4.78 is 19.8. The van der Waals surface area contributed by atoms with E-state index in [2.05, 4.69) is 39.6 Å². The zero-order valence-electron chi connectivity index (χ0n) is 28.3. The first-order chi connectivity index (χ1) is 25.1. The fourth-order valence-corrected chi connectivity index (χ4v) is 9.48. The third-order valence-corrected chi connectivity index (χ3v) is 12.3. The smallest absolute Gasteiger partial charge is 0.576 e. The molecule has 0 spiro atoms. The summed E-state index contributed by atoms with van der Waals surface area (Å²) in [5.74, 6) is 4.29. The Balaban J connectivity index is 0.971. The van der Waals surface area contributed by atoms with E-state index in [0.717, 1.165) is 58.1 Å². The van der Waals surface area contributed by atoms with Gasteiger partial charge < -0.3 is 16.7 Å². The molecule has 0 amide bonds. The summed E-state index contributed by atoms with van der Waals surface area (Å²) in [6.07, 6.45) is 19.5. The highest BCUT2D eigenvalue weighted by Crippen LogP contribution is 2.45. The summed E-state index contributed by atoms with van der Waals surface area (Å²) in [4.78, 5) is 13.9. The van der Waals surface area contributed by atoms with Crippen LogP contribution < -0.4 is 16.7 Å². The summed E-state index contributed by atoms with van der Waals surface area (Å²) in [7, 11) is 0. The van der Waals surface area contributed by atoms with Crippen molar-refractivity contribution >= 4 is 71.1 Å². The van der Waals surface area contributed by atoms with E-state index in [4.69, 9.17) is 39.6 Å². The van der Waals surface area contributed by atoms with Gasteiger partial charge in [-0.2, -0.15) is 0 Å². The Morgan fingerprint density at radius 3 is 1.78 bits per heavy atom. The van der Waals surface area contributed by atoms with Crippen molar-refractivity contribution in [1.82, 2.24) is 20.3 Å². The van der Waals surface area contributed by atoms with Crippen molar-refractivity contribution in [2.75, 3.05) is 6.54 Å². The number of rotatable bonds is 15. The van der Waals surface area contributed by atoms with E-state index in [1.807, 2.05) is 36.4 Å². The van der Waals surface area contributed by atoms with Crippen LogP contribution >= 0.6 is 23.2 Å². The molecule has 3 aromatic carbocycles. The predicted molar refractivity (Wildman–Crippen MR) is 207 cm³/mol. The SMILES string of the molecule is Clc1ccc([O][Al]([O]c2ccc(Cl)c3cccnc23)[O]c2ccc(CNCCCCCCC3CC4C=CC3C4)c3cccnc23)c2ncccc12. The van der Waals surface area contributed by atoms with Gasteiger partial charge in [-0.1, -0.05) is 66.7 Å². The highest BCUT2D eigenvalue weighted by molar-refractivity contribution is 6.41. The van der Waals surface area contributed by atoms with E-state index in [9.17, 15) is 0 Å². The Morgan fingerprint density at radius 1 is 0.627 bits per heavy atom. The standard InChI is InChI=1S/C23H30N2O.2C9H6ClNO.Al/c26-22-11-10-20(21-7-5-13-25-23(21)22)16-24-12-4-2-1-3-6-18-14-17-8-9-19(18)15-17;2*10-7-3-4-8(12)9-6(7)2-1-5-11-9;/h5,7-11,13,17-19,24,26H,1-4,6,12,14-16H2;2*1-5,12H;/q;;;+3/p-3. The molecule has 3 heterocycles. The zero-order chi connectivity index (χ0) is 34.6. The number of unbranched alkanes of at least 4 members (excludes halogenated alkanes) is 3. The van der Waals surface area contributed by atoms with E-state index in [1.54, 1.807) is 42.9 Å². The zero-order valence-corrected chi connectivity index (χ0v) is 31.0. The molecule has 8 rings (SSSR count). The number of nitrogens with one attached hydrogen (secondary N) is 1. The van der Waals surface area contributed by atoms with Gasteiger partial charge in [0.25, 0.3) is 0 Å². The molecule has 3 aromatic heterocycles. The topological polar surface area (TPSA) is 78.4 Å². The van der Waals surface area contributed by atoms with Gasteiger partial charge in [-0.25, -0.2) is 0 Å². The fourth-order valence-electron chi connectivity index (χ4n) is 7.71. The molecular weight excluding hydrogens is 694 g/mol. The maximum Gasteiger partial charge on any atom is 1.20 e. The first kappa shape index (κ1) is 34.2. The first-order valence-electron chi connectivity index (χ1n) is 17.9. The Kier molecular flexibility index (Phi) is 10.6. The minimum absolute atomic E-state index is 0.513. The number of halogens is 2. The number of hydrogen-bond acceptors (Lipinski definition) is 7. The number of allylic oxidation sites excluding steroid dienone is 2. The fraction of sp³-hybridized carbons (Fsp3) is 0.293. The predicted octanol–water partition coefficient (Wildman–Crippen LogP) is 10.4. The molecule has 2 aliphatic carbocycles. The number of fused-ring (bicyclic) bond motifs is 5. The molecule has 0 saturated heterocycles. The lowest BCUT2D eigenvalue weighted by Crippen LogP contribution is -2.37. The molecule has 3 atom stereocenters. The number of aromatic nitrogens is 3. The van der Waals surface area contributed by atoms with Gasteiger partial charge in [0.05, 0.1) is 10.0 Å². The van der Waals surface area contributed by atoms with Gasteiger partial charge in [0.2, 0.25) is 0 Å². The van der Waals surface area contributed by atoms with Gasteiger partial charge in [0.15, 0.2) is 0 Å². The number of nitrogens with zero attached hydrogens (tertiary/aromatic N) is 3. The molecule has 6 aromatic rings. The second-order valence-electron chi connectivity index (χ2n) is 13.6. The van der Waals surface area contributed by atoms with Crippen LogP contribution in [-0.4, -0.2) is 36.6 Å². The molecule has 0 aliphatic heterocycles. The average Bonchev–Trinajstić information content (AvgIpc) is 3.80. The van der Waals surface area contributed by atoms with Crippen molar-refractivity contribution in [2.24, 2.45) is 17.8 Å². The molecule has 1 saturated carbocycles. The van der Waals surface area contributed by atoms with Gasteiger partial charge >= 0.3 is 15.1 Å². The van der Waals surface area contributed by atoms with Gasteiger partial charge in [0.1, 0.15) is 33.8 Å². The summed E-state index contributed by atoms with van der Waals surface area (Å²) >= 11 is 9.96. The molecule has 7 nitrogen and oxygen atoms in total. The first-order valence-corrected chi connectivity index (χ1v) is 20.1. The molecule has 258 valence electrons. The second-order valence-corrected chi connectivity index (χ2v) is 15.7. The number of hydrogen-bond donors (Lipinski definition) is 1. The van der Waals surface area contributed by atoms with Crippen LogP contribution in [0, 0.1) is 17.8 Å². The Hall–Kier alpha value is -3.90. The van der Waals surface area contributed by atoms with Crippen molar-refractivity contribution in [3.05, 3.63) is 119 Å². The Bertz CT molecular complexity index is 2110. The minimum Gasteiger partial charge on any atom is -0.576 e. The monoisotopic (exact) mass is 732 g/mol. The summed E-state index contributed by atoms with van der Waals surface area (Å²) in [6.45, 7) is 1.73. The van der Waals surface area contributed by atoms with Gasteiger partial charge in [0, 0.05) is 41.3 Å². The molecule has 2 aliphatic rings. The number of benzene rings is 3. The molecule has 1 fully saturated rings. The minimum atomic E-state index is -3.06. The van der Waals surface area contributed by atoms with E-state index in [0.29, 0.717) is 38.3 Å². The van der Waals surface area contributed by atoms with Gasteiger partial charge in [-0.3, -0.25) is 15.0 Å². The lowest BCUT2D eigenvalue weighted by atomic mass is 9.88. The van der Waals surface area contributed by atoms with E-state index >= 15 is 0 Å². The van der Waals surface area contributed by atoms with Crippen LogP contribution in [0.4, 0.5) is 0 Å². The third-order valence-electron chi connectivity index (χ3n) is 10.3. The van der Waals surface area contributed by atoms with Crippen LogP contribution in [-0.2, 0) is 6.54 Å². The molecule has 1 N–H and O–H groups in total. The van der Waals surface area contributed by atoms with Crippen LogP contribution in [0.3, 0.4) is 0 Å². The molecule has 2 bridgehead atoms.